The van der Waals surface area contributed by atoms with Gasteiger partial charge in [-0.15, -0.1) is 0 Å². The summed E-state index contributed by atoms with van der Waals surface area (Å²) in [7, 11) is -3.33. The first-order valence-corrected chi connectivity index (χ1v) is 11.5. The van der Waals surface area contributed by atoms with Gasteiger partial charge in [0.2, 0.25) is 10.0 Å². The van der Waals surface area contributed by atoms with Gasteiger partial charge in [-0.25, -0.2) is 13.2 Å². The summed E-state index contributed by atoms with van der Waals surface area (Å²) in [5.41, 5.74) is 1.33. The summed E-state index contributed by atoms with van der Waals surface area (Å²) in [6.45, 7) is 6.33. The predicted octanol–water partition coefficient (Wildman–Crippen LogP) is 2.35. The molecule has 2 aliphatic rings. The Hall–Kier alpha value is -2.09. The Balaban J connectivity index is 1.83. The van der Waals surface area contributed by atoms with Gasteiger partial charge < -0.3 is 9.64 Å². The summed E-state index contributed by atoms with van der Waals surface area (Å²) in [5, 5.41) is 0. The maximum Gasteiger partial charge on any atom is 0.329 e. The van der Waals surface area contributed by atoms with Crippen LogP contribution in [0.1, 0.15) is 56.0 Å². The molecule has 7 nitrogen and oxygen atoms in total. The molecule has 28 heavy (non-hydrogen) atoms. The molecule has 1 atom stereocenters. The van der Waals surface area contributed by atoms with Gasteiger partial charge in [-0.1, -0.05) is 0 Å². The molecule has 0 N–H and O–H groups in total. The van der Waals surface area contributed by atoms with Crippen molar-refractivity contribution >= 4 is 27.6 Å². The van der Waals surface area contributed by atoms with Crippen molar-refractivity contribution in [2.75, 3.05) is 23.7 Å². The van der Waals surface area contributed by atoms with Gasteiger partial charge in [0.15, 0.2) is 0 Å². The van der Waals surface area contributed by atoms with Crippen molar-refractivity contribution in [1.29, 1.82) is 0 Å². The highest BCUT2D eigenvalue weighted by molar-refractivity contribution is 7.92. The molecule has 0 spiro atoms. The monoisotopic (exact) mass is 408 g/mol. The number of esters is 1. The molecule has 0 aromatic heterocycles. The summed E-state index contributed by atoms with van der Waals surface area (Å²) in [5.74, 6) is -0.582. The van der Waals surface area contributed by atoms with Crippen LogP contribution in [0.2, 0.25) is 0 Å². The third kappa shape index (κ3) is 4.32. The number of ether oxygens (including phenoxy) is 1. The van der Waals surface area contributed by atoms with E-state index < -0.39 is 21.7 Å². The molecule has 0 radical (unpaired) electrons. The van der Waals surface area contributed by atoms with Gasteiger partial charge in [0.05, 0.1) is 11.9 Å². The van der Waals surface area contributed by atoms with Gasteiger partial charge in [0, 0.05) is 18.7 Å². The number of amides is 1. The SMILES string of the molecule is CC(C)(C)OC(=O)[C@H]1CCCCN1C(=O)c1ccc2c(c1)CCN2S(C)(=O)=O. The Morgan fingerprint density at radius 1 is 1.14 bits per heavy atom. The number of nitrogens with zero attached hydrogens (tertiary/aromatic N) is 2. The first-order valence-electron chi connectivity index (χ1n) is 9.62. The molecule has 8 heteroatoms. The van der Waals surface area contributed by atoms with Crippen molar-refractivity contribution in [3.63, 3.8) is 0 Å². The third-order valence-corrected chi connectivity index (χ3v) is 6.20. The predicted molar refractivity (Wildman–Crippen MR) is 107 cm³/mol. The molecule has 154 valence electrons. The van der Waals surface area contributed by atoms with Crippen LogP contribution in [0.5, 0.6) is 0 Å². The second-order valence-corrected chi connectivity index (χ2v) is 10.4. The van der Waals surface area contributed by atoms with E-state index in [2.05, 4.69) is 0 Å². The molecule has 1 fully saturated rings. The molecule has 0 unspecified atom stereocenters. The molecule has 0 saturated carbocycles. The summed E-state index contributed by atoms with van der Waals surface area (Å²) in [4.78, 5) is 27.4. The molecule has 2 aliphatic heterocycles. The zero-order valence-corrected chi connectivity index (χ0v) is 17.7. The topological polar surface area (TPSA) is 84.0 Å². The van der Waals surface area contributed by atoms with Gasteiger partial charge in [-0.05, 0) is 70.2 Å². The molecule has 3 rings (SSSR count). The van der Waals surface area contributed by atoms with Gasteiger partial charge in [0.25, 0.3) is 5.91 Å². The lowest BCUT2D eigenvalue weighted by Crippen LogP contribution is -2.50. The number of sulfonamides is 1. The minimum absolute atomic E-state index is 0.212. The van der Waals surface area contributed by atoms with Crippen molar-refractivity contribution in [1.82, 2.24) is 4.90 Å². The van der Waals surface area contributed by atoms with Crippen LogP contribution in [0.25, 0.3) is 0 Å². The number of rotatable bonds is 3. The molecule has 1 aromatic rings. The quantitative estimate of drug-likeness (QED) is 0.717. The number of fused-ring (bicyclic) bond motifs is 1. The Labute approximate surface area is 166 Å². The lowest BCUT2D eigenvalue weighted by molar-refractivity contribution is -0.161. The van der Waals surface area contributed by atoms with E-state index in [-0.39, 0.29) is 11.9 Å². The van der Waals surface area contributed by atoms with Gasteiger partial charge in [-0.2, -0.15) is 0 Å². The Morgan fingerprint density at radius 3 is 2.50 bits per heavy atom. The number of benzene rings is 1. The highest BCUT2D eigenvalue weighted by atomic mass is 32.2. The average Bonchev–Trinajstić information content (AvgIpc) is 3.03. The zero-order chi connectivity index (χ0) is 20.7. The van der Waals surface area contributed by atoms with Crippen molar-refractivity contribution in [3.8, 4) is 0 Å². The lowest BCUT2D eigenvalue weighted by atomic mass is 9.99. The van der Waals surface area contributed by atoms with E-state index in [1.807, 2.05) is 20.8 Å². The molecular formula is C20H28N2O5S. The molecule has 2 heterocycles. The normalized spacial score (nSPS) is 20.1. The largest absolute Gasteiger partial charge is 0.458 e. The van der Waals surface area contributed by atoms with Crippen LogP contribution in [0.4, 0.5) is 5.69 Å². The summed E-state index contributed by atoms with van der Waals surface area (Å²) >= 11 is 0. The van der Waals surface area contributed by atoms with Crippen LogP contribution in [0, 0.1) is 0 Å². The number of anilines is 1. The zero-order valence-electron chi connectivity index (χ0n) is 16.9. The van der Waals surface area contributed by atoms with Crippen molar-refractivity contribution < 1.29 is 22.7 Å². The molecule has 1 aromatic carbocycles. The van der Waals surface area contributed by atoms with Crippen LogP contribution in [0.15, 0.2) is 18.2 Å². The number of carbonyl (C=O) groups excluding carboxylic acids is 2. The standard InChI is InChI=1S/C20H28N2O5S/c1-20(2,3)27-19(24)17-7-5-6-11-21(17)18(23)15-8-9-16-14(13-15)10-12-22(16)28(4,25)26/h8-9,13,17H,5-7,10-12H2,1-4H3/t17-/m1/s1. The average molecular weight is 409 g/mol. The van der Waals surface area contributed by atoms with Crippen molar-refractivity contribution in [2.45, 2.75) is 58.1 Å². The van der Waals surface area contributed by atoms with E-state index in [0.717, 1.165) is 18.4 Å². The Kier molecular flexibility index (Phi) is 5.44. The summed E-state index contributed by atoms with van der Waals surface area (Å²) < 4.78 is 30.7. The fraction of sp³-hybridized carbons (Fsp3) is 0.600. The van der Waals surface area contributed by atoms with Crippen molar-refractivity contribution in [2.24, 2.45) is 0 Å². The van der Waals surface area contributed by atoms with Crippen LogP contribution >= 0.6 is 0 Å². The highest BCUT2D eigenvalue weighted by Gasteiger charge is 2.36. The number of carbonyl (C=O) groups is 2. The highest BCUT2D eigenvalue weighted by Crippen LogP contribution is 2.32. The summed E-state index contributed by atoms with van der Waals surface area (Å²) in [6, 6.07) is 4.50. The second kappa shape index (κ2) is 7.39. The van der Waals surface area contributed by atoms with Gasteiger partial charge >= 0.3 is 5.97 Å². The second-order valence-electron chi connectivity index (χ2n) is 8.47. The molecular weight excluding hydrogens is 380 g/mol. The van der Waals surface area contributed by atoms with Crippen molar-refractivity contribution in [3.05, 3.63) is 29.3 Å². The Bertz CT molecular complexity index is 888. The van der Waals surface area contributed by atoms with E-state index in [0.29, 0.717) is 37.2 Å². The first kappa shape index (κ1) is 20.6. The number of hydrogen-bond donors (Lipinski definition) is 0. The first-order chi connectivity index (χ1) is 13.0. The van der Waals surface area contributed by atoms with E-state index in [4.69, 9.17) is 4.74 Å². The van der Waals surface area contributed by atoms with Crippen LogP contribution in [0.3, 0.4) is 0 Å². The fourth-order valence-corrected chi connectivity index (χ4v) is 4.76. The third-order valence-electron chi connectivity index (χ3n) is 5.02. The number of hydrogen-bond acceptors (Lipinski definition) is 5. The summed E-state index contributed by atoms with van der Waals surface area (Å²) in [6.07, 6.45) is 4.06. The fourth-order valence-electron chi connectivity index (χ4n) is 3.80. The smallest absolute Gasteiger partial charge is 0.329 e. The van der Waals surface area contributed by atoms with Gasteiger partial charge in [0.1, 0.15) is 11.6 Å². The lowest BCUT2D eigenvalue weighted by Gasteiger charge is -2.35. The van der Waals surface area contributed by atoms with Crippen LogP contribution in [-0.4, -0.2) is 56.2 Å². The van der Waals surface area contributed by atoms with Gasteiger partial charge in [-0.3, -0.25) is 9.10 Å². The Morgan fingerprint density at radius 2 is 1.86 bits per heavy atom. The molecule has 1 amide bonds. The maximum atomic E-state index is 13.1. The molecule has 0 bridgehead atoms. The minimum Gasteiger partial charge on any atom is -0.458 e. The van der Waals surface area contributed by atoms with E-state index in [9.17, 15) is 18.0 Å². The molecule has 1 saturated heterocycles. The number of piperidine rings is 1. The van der Waals surface area contributed by atoms with E-state index in [1.54, 1.807) is 23.1 Å². The van der Waals surface area contributed by atoms with E-state index in [1.165, 1.54) is 10.6 Å². The minimum atomic E-state index is -3.33. The molecule has 0 aliphatic carbocycles. The number of likely N-dealkylation sites (tertiary alicyclic amines) is 1. The van der Waals surface area contributed by atoms with E-state index >= 15 is 0 Å². The van der Waals surface area contributed by atoms with Crippen LogP contribution in [-0.2, 0) is 26.0 Å². The maximum absolute atomic E-state index is 13.1. The van der Waals surface area contributed by atoms with Crippen LogP contribution < -0.4 is 4.31 Å².